The molecule has 3 unspecified atom stereocenters. The average molecular weight is 553 g/mol. The number of carbonyl (C=O) groups excluding carboxylic acids is 2. The minimum atomic E-state index is -1.15. The number of hydrogen-bond acceptors (Lipinski definition) is 10. The molecule has 1 aromatic carbocycles. The van der Waals surface area contributed by atoms with Gasteiger partial charge in [0, 0.05) is 18.1 Å². The molecule has 35 heavy (non-hydrogen) atoms. The molecule has 2 aliphatic rings. The number of benzene rings is 1. The van der Waals surface area contributed by atoms with Gasteiger partial charge < -0.3 is 15.2 Å². The average Bonchev–Trinajstić information content (AvgIpc) is 3.28. The first-order valence-corrected chi connectivity index (χ1v) is 14.7. The van der Waals surface area contributed by atoms with Crippen molar-refractivity contribution in [1.82, 2.24) is 20.4 Å². The fourth-order valence-corrected chi connectivity index (χ4v) is 7.93. The number of nitrogens with one attached hydrogen (secondary N) is 1. The Labute approximate surface area is 219 Å². The predicted octanol–water partition coefficient (Wildman–Crippen LogP) is 3.15. The van der Waals surface area contributed by atoms with Gasteiger partial charge in [-0.1, -0.05) is 53.4 Å². The summed E-state index contributed by atoms with van der Waals surface area (Å²) in [5.41, 5.74) is 1.47. The first kappa shape index (κ1) is 26.0. The van der Waals surface area contributed by atoms with Crippen LogP contribution in [0.4, 0.5) is 0 Å². The van der Waals surface area contributed by atoms with Gasteiger partial charge in [-0.15, -0.1) is 33.7 Å². The molecule has 3 heterocycles. The van der Waals surface area contributed by atoms with Crippen LogP contribution in [0.2, 0.25) is 0 Å². The van der Waals surface area contributed by atoms with Crippen molar-refractivity contribution in [2.45, 2.75) is 34.9 Å². The molecule has 186 valence electrons. The maximum atomic E-state index is 13.2. The summed E-state index contributed by atoms with van der Waals surface area (Å²) in [5, 5.41) is 20.6. The number of carboxylic acid groups (broad SMARTS) is 1. The Kier molecular flexibility index (Phi) is 8.76. The Hall–Kier alpha value is -2.06. The highest BCUT2D eigenvalue weighted by molar-refractivity contribution is 8.02. The molecule has 13 heteroatoms. The molecule has 0 aliphatic carbocycles. The van der Waals surface area contributed by atoms with Crippen molar-refractivity contribution in [2.24, 2.45) is 0 Å². The summed E-state index contributed by atoms with van der Waals surface area (Å²) in [7, 11) is 0. The number of hydrogen-bond donors (Lipinski definition) is 2. The number of aromatic nitrogens is 2. The summed E-state index contributed by atoms with van der Waals surface area (Å²) in [5.74, 6) is -0.660. The SMILES string of the molecule is CCOCSC(C(=O)NC1C(=O)N2C(C(=O)O)=C(CSc3nnc(C)s3)CSC12)c1ccccc1. The predicted molar refractivity (Wildman–Crippen MR) is 138 cm³/mol. The number of β-lactam (4-membered cyclic amide) rings is 1. The van der Waals surface area contributed by atoms with Crippen LogP contribution in [0.3, 0.4) is 0 Å². The Morgan fingerprint density at radius 3 is 2.74 bits per heavy atom. The number of aliphatic carboxylic acids is 1. The number of aryl methyl sites for hydroxylation is 1. The molecule has 0 spiro atoms. The summed E-state index contributed by atoms with van der Waals surface area (Å²) < 4.78 is 6.17. The molecule has 0 saturated carbocycles. The number of nitrogens with zero attached hydrogens (tertiary/aromatic N) is 3. The van der Waals surface area contributed by atoms with Gasteiger partial charge in [0.15, 0.2) is 4.34 Å². The van der Waals surface area contributed by atoms with Gasteiger partial charge in [-0.2, -0.15) is 0 Å². The van der Waals surface area contributed by atoms with Crippen molar-refractivity contribution in [3.05, 3.63) is 52.2 Å². The maximum absolute atomic E-state index is 13.2. The molecule has 3 atom stereocenters. The van der Waals surface area contributed by atoms with E-state index in [0.717, 1.165) is 14.9 Å². The van der Waals surface area contributed by atoms with Crippen LogP contribution in [0.15, 0.2) is 45.9 Å². The van der Waals surface area contributed by atoms with E-state index in [1.165, 1.54) is 51.5 Å². The highest BCUT2D eigenvalue weighted by Crippen LogP contribution is 2.42. The molecule has 2 N–H and O–H groups in total. The molecule has 0 bridgehead atoms. The number of fused-ring (bicyclic) bond motifs is 1. The van der Waals surface area contributed by atoms with Crippen molar-refractivity contribution in [2.75, 3.05) is 24.1 Å². The Bertz CT molecular complexity index is 1130. The van der Waals surface area contributed by atoms with Crippen molar-refractivity contribution in [3.63, 3.8) is 0 Å². The maximum Gasteiger partial charge on any atom is 0.352 e. The molecule has 4 rings (SSSR count). The van der Waals surface area contributed by atoms with Gasteiger partial charge >= 0.3 is 5.97 Å². The molecule has 1 fully saturated rings. The van der Waals surface area contributed by atoms with Crippen LogP contribution in [0.5, 0.6) is 0 Å². The highest BCUT2D eigenvalue weighted by Gasteiger charge is 2.54. The Morgan fingerprint density at radius 1 is 1.31 bits per heavy atom. The zero-order chi connectivity index (χ0) is 24.9. The highest BCUT2D eigenvalue weighted by atomic mass is 32.2. The van der Waals surface area contributed by atoms with E-state index < -0.39 is 28.5 Å². The van der Waals surface area contributed by atoms with Crippen LogP contribution in [0.1, 0.15) is 22.7 Å². The van der Waals surface area contributed by atoms with E-state index in [2.05, 4.69) is 15.5 Å². The lowest BCUT2D eigenvalue weighted by Gasteiger charge is -2.49. The van der Waals surface area contributed by atoms with E-state index in [1.807, 2.05) is 44.2 Å². The van der Waals surface area contributed by atoms with Crippen LogP contribution >= 0.6 is 46.6 Å². The molecular formula is C22H24N4O5S4. The smallest absolute Gasteiger partial charge is 0.352 e. The van der Waals surface area contributed by atoms with E-state index in [9.17, 15) is 19.5 Å². The van der Waals surface area contributed by atoms with Gasteiger partial charge in [0.05, 0.1) is 5.94 Å². The van der Waals surface area contributed by atoms with Crippen molar-refractivity contribution in [3.8, 4) is 0 Å². The fourth-order valence-electron chi connectivity index (χ4n) is 3.66. The third kappa shape index (κ3) is 5.85. The number of rotatable bonds is 11. The van der Waals surface area contributed by atoms with E-state index in [0.29, 0.717) is 29.6 Å². The summed E-state index contributed by atoms with van der Waals surface area (Å²) in [6, 6.07) is 8.54. The van der Waals surface area contributed by atoms with Crippen LogP contribution < -0.4 is 5.32 Å². The standard InChI is InChI=1S/C22H24N4O5S4/c1-3-31-11-34-17(13-7-5-4-6-8-13)18(27)23-15-19(28)26-16(21(29)30)14(9-32-20(15)26)10-33-22-25-24-12(2)35-22/h4-8,15,17,20H,3,9-11H2,1-2H3,(H,23,27)(H,29,30). The van der Waals surface area contributed by atoms with E-state index in [4.69, 9.17) is 4.74 Å². The fraction of sp³-hybridized carbons (Fsp3) is 0.409. The topological polar surface area (TPSA) is 122 Å². The first-order valence-electron chi connectivity index (χ1n) is 10.8. The van der Waals surface area contributed by atoms with E-state index in [-0.39, 0.29) is 11.6 Å². The molecule has 1 saturated heterocycles. The van der Waals surface area contributed by atoms with E-state index in [1.54, 1.807) is 0 Å². The van der Waals surface area contributed by atoms with Gasteiger partial charge in [-0.3, -0.25) is 14.5 Å². The second-order valence-corrected chi connectivity index (χ2v) is 12.1. The number of carbonyl (C=O) groups is 3. The van der Waals surface area contributed by atoms with Gasteiger partial charge in [0.2, 0.25) is 5.91 Å². The third-order valence-electron chi connectivity index (χ3n) is 5.29. The number of carboxylic acids is 1. The van der Waals surface area contributed by atoms with Crippen molar-refractivity contribution < 1.29 is 24.2 Å². The molecule has 0 radical (unpaired) electrons. The van der Waals surface area contributed by atoms with Gasteiger partial charge in [-0.05, 0) is 25.0 Å². The lowest BCUT2D eigenvalue weighted by atomic mass is 10.0. The molecule has 2 aromatic rings. The van der Waals surface area contributed by atoms with Crippen LogP contribution in [0, 0.1) is 6.92 Å². The molecule has 2 aliphatic heterocycles. The zero-order valence-corrected chi connectivity index (χ0v) is 22.3. The lowest BCUT2D eigenvalue weighted by molar-refractivity contribution is -0.150. The zero-order valence-electron chi connectivity index (χ0n) is 19.0. The minimum absolute atomic E-state index is 0.00307. The third-order valence-corrected chi connectivity index (χ3v) is 9.81. The number of thioether (sulfide) groups is 3. The summed E-state index contributed by atoms with van der Waals surface area (Å²) in [4.78, 5) is 39.6. The minimum Gasteiger partial charge on any atom is -0.477 e. The molecule has 9 nitrogen and oxygen atoms in total. The van der Waals surface area contributed by atoms with E-state index >= 15 is 0 Å². The summed E-state index contributed by atoms with van der Waals surface area (Å²) in [6.45, 7) is 4.28. The summed E-state index contributed by atoms with van der Waals surface area (Å²) in [6.07, 6.45) is 0. The molecular weight excluding hydrogens is 529 g/mol. The van der Waals surface area contributed by atoms with Crippen molar-refractivity contribution >= 4 is 64.4 Å². The lowest BCUT2D eigenvalue weighted by Crippen LogP contribution is -2.70. The van der Waals surface area contributed by atoms with Crippen molar-refractivity contribution in [1.29, 1.82) is 0 Å². The van der Waals surface area contributed by atoms with Gasteiger partial charge in [0.1, 0.15) is 27.4 Å². The second-order valence-electron chi connectivity index (χ2n) is 7.60. The van der Waals surface area contributed by atoms with Crippen LogP contribution in [0.25, 0.3) is 0 Å². The first-order chi connectivity index (χ1) is 16.9. The van der Waals surface area contributed by atoms with Crippen LogP contribution in [-0.2, 0) is 19.1 Å². The second kappa shape index (κ2) is 11.8. The monoisotopic (exact) mass is 552 g/mol. The largest absolute Gasteiger partial charge is 0.477 e. The Balaban J connectivity index is 1.46. The number of ether oxygens (including phenoxy) is 1. The molecule has 2 amide bonds. The van der Waals surface area contributed by atoms with Crippen LogP contribution in [-0.4, -0.2) is 73.5 Å². The number of amides is 2. The summed E-state index contributed by atoms with van der Waals surface area (Å²) >= 11 is 5.65. The Morgan fingerprint density at radius 2 is 2.09 bits per heavy atom. The molecule has 1 aromatic heterocycles. The quantitative estimate of drug-likeness (QED) is 0.186. The van der Waals surface area contributed by atoms with Gasteiger partial charge in [-0.25, -0.2) is 4.79 Å². The normalized spacial score (nSPS) is 20.3. The van der Waals surface area contributed by atoms with Gasteiger partial charge in [0.25, 0.3) is 5.91 Å².